The van der Waals surface area contributed by atoms with Crippen LogP contribution >= 0.6 is 27.5 Å². The zero-order valence-corrected chi connectivity index (χ0v) is 14.1. The number of fused-ring (bicyclic) bond motifs is 1. The Morgan fingerprint density at radius 3 is 2.89 bits per heavy atom. The lowest BCUT2D eigenvalue weighted by atomic mass is 10.3. The second-order valence-corrected chi connectivity index (χ2v) is 7.62. The van der Waals surface area contributed by atoms with E-state index in [-0.39, 0.29) is 5.25 Å². The van der Waals surface area contributed by atoms with Crippen LogP contribution < -0.4 is 0 Å². The van der Waals surface area contributed by atoms with Crippen molar-refractivity contribution in [3.8, 4) is 0 Å². The highest BCUT2D eigenvalue weighted by Crippen LogP contribution is 2.22. The van der Waals surface area contributed by atoms with Crippen molar-refractivity contribution in [3.05, 3.63) is 28.5 Å². The Morgan fingerprint density at radius 1 is 1.53 bits per heavy atom. The van der Waals surface area contributed by atoms with E-state index in [0.717, 1.165) is 27.8 Å². The number of imidazole rings is 1. The molecular weight excluding hydrogens is 348 g/mol. The molecule has 3 nitrogen and oxygen atoms in total. The minimum atomic E-state index is -0.845. The van der Waals surface area contributed by atoms with Crippen LogP contribution in [0.25, 0.3) is 11.0 Å². The summed E-state index contributed by atoms with van der Waals surface area (Å²) >= 11 is 9.30. The van der Waals surface area contributed by atoms with E-state index in [9.17, 15) is 4.21 Å². The minimum absolute atomic E-state index is 0.0927. The van der Waals surface area contributed by atoms with Crippen molar-refractivity contribution in [3.63, 3.8) is 0 Å². The largest absolute Gasteiger partial charge is 0.327 e. The first-order chi connectivity index (χ1) is 9.02. The van der Waals surface area contributed by atoms with Gasteiger partial charge in [0.05, 0.1) is 11.0 Å². The third kappa shape index (κ3) is 3.38. The average Bonchev–Trinajstić information content (AvgIpc) is 2.67. The van der Waals surface area contributed by atoms with E-state index in [1.165, 1.54) is 0 Å². The molecule has 2 rings (SSSR count). The van der Waals surface area contributed by atoms with Crippen LogP contribution in [0.2, 0.25) is 0 Å². The predicted molar refractivity (Wildman–Crippen MR) is 85.4 cm³/mol. The zero-order valence-electron chi connectivity index (χ0n) is 10.9. The Bertz CT molecular complexity index is 614. The number of hydrogen-bond donors (Lipinski definition) is 0. The topological polar surface area (TPSA) is 34.9 Å². The number of halogens is 2. The Labute approximate surface area is 128 Å². The number of benzene rings is 1. The van der Waals surface area contributed by atoms with Crippen molar-refractivity contribution < 1.29 is 4.21 Å². The summed E-state index contributed by atoms with van der Waals surface area (Å²) in [7, 11) is -0.845. The molecule has 2 aromatic rings. The van der Waals surface area contributed by atoms with Gasteiger partial charge in [0.2, 0.25) is 0 Å². The van der Waals surface area contributed by atoms with Gasteiger partial charge in [0.15, 0.2) is 0 Å². The summed E-state index contributed by atoms with van der Waals surface area (Å²) in [5, 5.41) is 0.0927. The van der Waals surface area contributed by atoms with Crippen LogP contribution in [-0.2, 0) is 23.8 Å². The van der Waals surface area contributed by atoms with Crippen LogP contribution in [0.3, 0.4) is 0 Å². The van der Waals surface area contributed by atoms with Gasteiger partial charge in [0, 0.05) is 45.6 Å². The highest BCUT2D eigenvalue weighted by atomic mass is 79.9. The highest BCUT2D eigenvalue weighted by molar-refractivity contribution is 9.10. The van der Waals surface area contributed by atoms with E-state index in [4.69, 9.17) is 11.6 Å². The summed E-state index contributed by atoms with van der Waals surface area (Å²) in [4.78, 5) is 4.63. The molecule has 0 N–H and O–H groups in total. The molecule has 0 fully saturated rings. The number of alkyl halides is 1. The third-order valence-corrected chi connectivity index (χ3v) is 5.08. The van der Waals surface area contributed by atoms with Crippen molar-refractivity contribution in [2.24, 2.45) is 0 Å². The molecule has 0 aliphatic carbocycles. The molecule has 1 heterocycles. The fourth-order valence-corrected chi connectivity index (χ4v) is 2.87. The maximum atomic E-state index is 11.6. The van der Waals surface area contributed by atoms with Gasteiger partial charge in [-0.05, 0) is 25.1 Å². The van der Waals surface area contributed by atoms with Crippen molar-refractivity contribution in [1.82, 2.24) is 9.55 Å². The van der Waals surface area contributed by atoms with Gasteiger partial charge in [0.25, 0.3) is 0 Å². The van der Waals surface area contributed by atoms with E-state index >= 15 is 0 Å². The summed E-state index contributed by atoms with van der Waals surface area (Å²) in [6.07, 6.45) is 2.46. The summed E-state index contributed by atoms with van der Waals surface area (Å²) in [5.41, 5.74) is 2.02. The molecule has 19 heavy (non-hydrogen) atoms. The summed E-state index contributed by atoms with van der Waals surface area (Å²) in [5.74, 6) is 1.49. The average molecular weight is 364 g/mol. The first-order valence-corrected chi connectivity index (χ1v) is 9.00. The monoisotopic (exact) mass is 362 g/mol. The first-order valence-electron chi connectivity index (χ1n) is 6.05. The van der Waals surface area contributed by atoms with Gasteiger partial charge in [-0.15, -0.1) is 11.6 Å². The Hall–Kier alpha value is -0.390. The highest BCUT2D eigenvalue weighted by Gasteiger charge is 2.15. The van der Waals surface area contributed by atoms with E-state index in [2.05, 4.69) is 25.5 Å². The molecule has 1 aromatic carbocycles. The van der Waals surface area contributed by atoms with Crippen molar-refractivity contribution in [2.75, 3.05) is 12.1 Å². The van der Waals surface area contributed by atoms with E-state index in [1.807, 2.05) is 25.1 Å². The zero-order chi connectivity index (χ0) is 14.0. The van der Waals surface area contributed by atoms with E-state index in [0.29, 0.717) is 12.4 Å². The lowest BCUT2D eigenvalue weighted by Gasteiger charge is -2.13. The number of rotatable bonds is 5. The quantitative estimate of drug-likeness (QED) is 0.764. The molecule has 0 aliphatic rings. The van der Waals surface area contributed by atoms with Gasteiger partial charge in [0.1, 0.15) is 5.82 Å². The molecule has 2 atom stereocenters. The van der Waals surface area contributed by atoms with Gasteiger partial charge >= 0.3 is 0 Å². The minimum Gasteiger partial charge on any atom is -0.327 e. The van der Waals surface area contributed by atoms with Crippen LogP contribution in [0.5, 0.6) is 0 Å². The Kier molecular flexibility index (Phi) is 5.03. The lowest BCUT2D eigenvalue weighted by molar-refractivity contribution is 0.635. The maximum absolute atomic E-state index is 11.6. The Morgan fingerprint density at radius 2 is 2.26 bits per heavy atom. The SMILES string of the molecule is CC(Cn1c(CCCl)nc2cc(Br)ccc21)S(C)=O. The van der Waals surface area contributed by atoms with Gasteiger partial charge in [-0.25, -0.2) is 4.98 Å². The van der Waals surface area contributed by atoms with Crippen LogP contribution in [-0.4, -0.2) is 31.1 Å². The van der Waals surface area contributed by atoms with Gasteiger partial charge in [-0.3, -0.25) is 4.21 Å². The van der Waals surface area contributed by atoms with Gasteiger partial charge < -0.3 is 4.57 Å². The molecule has 0 bridgehead atoms. The van der Waals surface area contributed by atoms with Gasteiger partial charge in [-0.2, -0.15) is 0 Å². The number of aryl methyl sites for hydroxylation is 1. The molecule has 0 saturated heterocycles. The fourth-order valence-electron chi connectivity index (χ4n) is 1.99. The first kappa shape index (κ1) is 15.0. The molecule has 0 spiro atoms. The van der Waals surface area contributed by atoms with Crippen LogP contribution in [0, 0.1) is 0 Å². The number of nitrogens with zero attached hydrogens (tertiary/aromatic N) is 2. The lowest BCUT2D eigenvalue weighted by Crippen LogP contribution is -2.19. The number of hydrogen-bond acceptors (Lipinski definition) is 2. The van der Waals surface area contributed by atoms with Gasteiger partial charge in [-0.1, -0.05) is 15.9 Å². The molecule has 0 aliphatic heterocycles. The normalized spacial score (nSPS) is 14.7. The van der Waals surface area contributed by atoms with Crippen molar-refractivity contribution in [1.29, 1.82) is 0 Å². The molecule has 6 heteroatoms. The molecule has 1 aromatic heterocycles. The summed E-state index contributed by atoms with van der Waals surface area (Å²) in [6, 6.07) is 6.03. The number of aromatic nitrogens is 2. The molecule has 2 unspecified atom stereocenters. The van der Waals surface area contributed by atoms with Crippen LogP contribution in [0.15, 0.2) is 22.7 Å². The summed E-state index contributed by atoms with van der Waals surface area (Å²) < 4.78 is 14.7. The Balaban J connectivity index is 2.48. The van der Waals surface area contributed by atoms with Crippen molar-refractivity contribution >= 4 is 49.4 Å². The van der Waals surface area contributed by atoms with E-state index < -0.39 is 10.8 Å². The smallest absolute Gasteiger partial charge is 0.111 e. The molecule has 0 saturated carbocycles. The van der Waals surface area contributed by atoms with Crippen LogP contribution in [0.4, 0.5) is 0 Å². The molecule has 0 amide bonds. The van der Waals surface area contributed by atoms with Crippen molar-refractivity contribution in [2.45, 2.75) is 25.1 Å². The third-order valence-electron chi connectivity index (χ3n) is 3.11. The second-order valence-electron chi connectivity index (χ2n) is 4.52. The van der Waals surface area contributed by atoms with E-state index in [1.54, 1.807) is 6.26 Å². The second kappa shape index (κ2) is 6.37. The summed E-state index contributed by atoms with van der Waals surface area (Å²) in [6.45, 7) is 2.69. The predicted octanol–water partition coefficient (Wildman–Crippen LogP) is 3.35. The van der Waals surface area contributed by atoms with Crippen LogP contribution in [0.1, 0.15) is 12.7 Å². The maximum Gasteiger partial charge on any atom is 0.111 e. The molecule has 104 valence electrons. The molecular formula is C13H16BrClN2OS. The fraction of sp³-hybridized carbons (Fsp3) is 0.462. The standard InChI is InChI=1S/C13H16BrClN2OS/c1-9(19(2)18)8-17-12-4-3-10(14)7-11(12)16-13(17)5-6-15/h3-4,7,9H,5-6,8H2,1-2H3. The molecule has 0 radical (unpaired) electrons.